The van der Waals surface area contributed by atoms with Gasteiger partial charge in [-0.05, 0) is 33.1 Å². The summed E-state index contributed by atoms with van der Waals surface area (Å²) in [6.07, 6.45) is 3.03. The maximum absolute atomic E-state index is 13.2. The summed E-state index contributed by atoms with van der Waals surface area (Å²) in [5, 5.41) is 8.79. The summed E-state index contributed by atoms with van der Waals surface area (Å²) in [5.41, 5.74) is 1.69. The average molecular weight is 541 g/mol. The van der Waals surface area contributed by atoms with Crippen LogP contribution in [0.3, 0.4) is 0 Å². The molecule has 0 aliphatic carbocycles. The number of nitrogens with one attached hydrogen (secondary N) is 3. The fourth-order valence-corrected chi connectivity index (χ4v) is 4.60. The van der Waals surface area contributed by atoms with Crippen molar-refractivity contribution >= 4 is 29.4 Å². The third kappa shape index (κ3) is 10.8. The van der Waals surface area contributed by atoms with E-state index in [0.717, 1.165) is 18.0 Å². The van der Waals surface area contributed by atoms with E-state index < -0.39 is 12.1 Å². The molecule has 208 valence electrons. The van der Waals surface area contributed by atoms with Gasteiger partial charge in [-0.2, -0.15) is 0 Å². The van der Waals surface area contributed by atoms with Crippen LogP contribution in [0.2, 0.25) is 0 Å². The number of aromatic nitrogens is 1. The lowest BCUT2D eigenvalue weighted by atomic mass is 10.1. The van der Waals surface area contributed by atoms with Crippen LogP contribution in [0.15, 0.2) is 11.7 Å². The topological polar surface area (TPSA) is 134 Å². The van der Waals surface area contributed by atoms with Gasteiger partial charge in [0.25, 0.3) is 0 Å². The summed E-state index contributed by atoms with van der Waals surface area (Å²) in [6.45, 7) is 9.74. The van der Waals surface area contributed by atoms with Crippen LogP contribution in [0.5, 0.6) is 0 Å². The van der Waals surface area contributed by atoms with Gasteiger partial charge in [-0.15, -0.1) is 11.3 Å². The first kappa shape index (κ1) is 29.1. The van der Waals surface area contributed by atoms with E-state index in [1.165, 1.54) is 11.3 Å². The Kier molecular flexibility index (Phi) is 12.3. The van der Waals surface area contributed by atoms with Gasteiger partial charge in [0.05, 0.1) is 36.8 Å². The molecule has 37 heavy (non-hydrogen) atoms. The Labute approximate surface area is 222 Å². The monoisotopic (exact) mass is 540 g/mol. The zero-order valence-electron chi connectivity index (χ0n) is 21.8. The summed E-state index contributed by atoms with van der Waals surface area (Å²) < 4.78 is 15.9. The van der Waals surface area contributed by atoms with Crippen LogP contribution >= 0.6 is 11.3 Å². The molecule has 3 rings (SSSR count). The van der Waals surface area contributed by atoms with Crippen LogP contribution in [0.1, 0.15) is 38.0 Å². The highest BCUT2D eigenvalue weighted by atomic mass is 32.1. The quantitative estimate of drug-likeness (QED) is 0.360. The van der Waals surface area contributed by atoms with Gasteiger partial charge in [0.2, 0.25) is 5.91 Å². The standard InChI is InChI=1S/C24H40N6O6S/c1-18(3-4-19(2)27-24(33)36-16-20-15-25-17-37-20)26-22(31)21(5-6-29-7-11-34-12-8-29)28-23(32)30-9-13-35-14-10-30/h15,17-19,21H,3-14,16H2,1-2H3,(H,26,31)(H,27,33)(H,28,32). The molecule has 2 aliphatic rings. The number of nitrogens with zero attached hydrogens (tertiary/aromatic N) is 3. The zero-order valence-corrected chi connectivity index (χ0v) is 22.6. The minimum atomic E-state index is -0.641. The Balaban J connectivity index is 1.42. The van der Waals surface area contributed by atoms with Crippen molar-refractivity contribution in [2.75, 3.05) is 59.2 Å². The van der Waals surface area contributed by atoms with Gasteiger partial charge in [-0.25, -0.2) is 9.59 Å². The van der Waals surface area contributed by atoms with Crippen LogP contribution in [0.4, 0.5) is 9.59 Å². The van der Waals surface area contributed by atoms with Crippen molar-refractivity contribution < 1.29 is 28.6 Å². The molecule has 0 saturated carbocycles. The van der Waals surface area contributed by atoms with E-state index in [2.05, 4.69) is 25.8 Å². The molecule has 1 aromatic heterocycles. The number of carbonyl (C=O) groups is 3. The van der Waals surface area contributed by atoms with Crippen LogP contribution in [0.25, 0.3) is 0 Å². The van der Waals surface area contributed by atoms with Gasteiger partial charge in [-0.1, -0.05) is 0 Å². The number of thiazole rings is 1. The SMILES string of the molecule is CC(CCC(C)NC(=O)C(CCN1CCOCC1)NC(=O)N1CCOCC1)NC(=O)OCc1cncs1. The van der Waals surface area contributed by atoms with Crippen molar-refractivity contribution in [2.45, 2.75) is 57.8 Å². The third-order valence-corrected chi connectivity index (χ3v) is 7.12. The van der Waals surface area contributed by atoms with Crippen molar-refractivity contribution in [2.24, 2.45) is 0 Å². The summed E-state index contributed by atoms with van der Waals surface area (Å²) in [7, 11) is 0. The van der Waals surface area contributed by atoms with Gasteiger partial charge < -0.3 is 35.1 Å². The smallest absolute Gasteiger partial charge is 0.407 e. The zero-order chi connectivity index (χ0) is 26.5. The predicted octanol–water partition coefficient (Wildman–Crippen LogP) is 1.18. The van der Waals surface area contributed by atoms with E-state index in [9.17, 15) is 14.4 Å². The first-order valence-corrected chi connectivity index (χ1v) is 13.8. The number of ether oxygens (including phenoxy) is 3. The first-order chi connectivity index (χ1) is 17.9. The molecule has 2 fully saturated rings. The summed E-state index contributed by atoms with van der Waals surface area (Å²) >= 11 is 1.43. The number of hydrogen-bond donors (Lipinski definition) is 3. The molecule has 4 amide bonds. The fourth-order valence-electron chi connectivity index (χ4n) is 4.09. The second kappa shape index (κ2) is 15.7. The molecule has 0 aromatic carbocycles. The normalized spacial score (nSPS) is 18.9. The highest BCUT2D eigenvalue weighted by Gasteiger charge is 2.26. The van der Waals surface area contributed by atoms with E-state index in [1.807, 2.05) is 13.8 Å². The van der Waals surface area contributed by atoms with E-state index in [-0.39, 0.29) is 30.6 Å². The molecule has 3 unspecified atom stereocenters. The van der Waals surface area contributed by atoms with Gasteiger partial charge >= 0.3 is 12.1 Å². The predicted molar refractivity (Wildman–Crippen MR) is 138 cm³/mol. The van der Waals surface area contributed by atoms with Crippen LogP contribution in [0, 0.1) is 0 Å². The molecule has 1 aromatic rings. The summed E-state index contributed by atoms with van der Waals surface area (Å²) in [4.78, 5) is 46.7. The Morgan fingerprint density at radius 2 is 1.62 bits per heavy atom. The van der Waals surface area contributed by atoms with Gasteiger partial charge in [0.15, 0.2) is 0 Å². The largest absolute Gasteiger partial charge is 0.444 e. The second-order valence-corrected chi connectivity index (χ2v) is 10.4. The molecule has 0 radical (unpaired) electrons. The molecular weight excluding hydrogens is 500 g/mol. The van der Waals surface area contributed by atoms with Crippen molar-refractivity contribution in [3.05, 3.63) is 16.6 Å². The summed E-state index contributed by atoms with van der Waals surface area (Å²) in [5.74, 6) is -0.202. The Hall–Kier alpha value is -2.48. The van der Waals surface area contributed by atoms with Crippen LogP contribution in [-0.4, -0.2) is 110 Å². The fraction of sp³-hybridized carbons (Fsp3) is 0.750. The maximum Gasteiger partial charge on any atom is 0.407 e. The minimum Gasteiger partial charge on any atom is -0.444 e. The molecule has 0 spiro atoms. The molecule has 13 heteroatoms. The van der Waals surface area contributed by atoms with Crippen LogP contribution in [-0.2, 0) is 25.6 Å². The number of amides is 4. The Morgan fingerprint density at radius 1 is 0.973 bits per heavy atom. The number of urea groups is 1. The summed E-state index contributed by atoms with van der Waals surface area (Å²) in [6, 6.07) is -1.13. The number of rotatable bonds is 12. The number of morpholine rings is 2. The van der Waals surface area contributed by atoms with E-state index in [4.69, 9.17) is 14.2 Å². The van der Waals surface area contributed by atoms with Crippen molar-refractivity contribution in [3.8, 4) is 0 Å². The van der Waals surface area contributed by atoms with E-state index in [1.54, 1.807) is 16.6 Å². The van der Waals surface area contributed by atoms with Crippen molar-refractivity contribution in [1.29, 1.82) is 0 Å². The number of hydrogen-bond acceptors (Lipinski definition) is 9. The third-order valence-electron chi connectivity index (χ3n) is 6.36. The molecule has 12 nitrogen and oxygen atoms in total. The van der Waals surface area contributed by atoms with Crippen molar-refractivity contribution in [3.63, 3.8) is 0 Å². The lowest BCUT2D eigenvalue weighted by Gasteiger charge is -2.31. The van der Waals surface area contributed by atoms with E-state index >= 15 is 0 Å². The second-order valence-electron chi connectivity index (χ2n) is 9.42. The Morgan fingerprint density at radius 3 is 2.27 bits per heavy atom. The maximum atomic E-state index is 13.2. The average Bonchev–Trinajstić information content (AvgIpc) is 3.43. The number of alkyl carbamates (subject to hydrolysis) is 1. The lowest BCUT2D eigenvalue weighted by molar-refractivity contribution is -0.124. The first-order valence-electron chi connectivity index (χ1n) is 12.9. The van der Waals surface area contributed by atoms with Gasteiger partial charge in [0, 0.05) is 51.0 Å². The highest BCUT2D eigenvalue weighted by Crippen LogP contribution is 2.09. The molecule has 2 saturated heterocycles. The molecular formula is C24H40N6O6S. The minimum absolute atomic E-state index is 0.119. The van der Waals surface area contributed by atoms with E-state index in [0.29, 0.717) is 65.3 Å². The molecule has 0 bridgehead atoms. The molecule has 3 atom stereocenters. The Bertz CT molecular complexity index is 832. The molecule has 2 aliphatic heterocycles. The highest BCUT2D eigenvalue weighted by molar-refractivity contribution is 7.09. The lowest BCUT2D eigenvalue weighted by Crippen LogP contribution is -2.55. The van der Waals surface area contributed by atoms with Gasteiger partial charge in [-0.3, -0.25) is 14.7 Å². The number of carbonyl (C=O) groups excluding carboxylic acids is 3. The molecule has 3 N–H and O–H groups in total. The van der Waals surface area contributed by atoms with Crippen LogP contribution < -0.4 is 16.0 Å². The van der Waals surface area contributed by atoms with Gasteiger partial charge in [0.1, 0.15) is 12.6 Å². The molecule has 3 heterocycles. The van der Waals surface area contributed by atoms with Crippen molar-refractivity contribution in [1.82, 2.24) is 30.7 Å².